The number of unbranched alkanes of at least 4 members (excludes halogenated alkanes) is 1. The molecule has 2 aromatic rings. The Morgan fingerprint density at radius 2 is 1.81 bits per heavy atom. The van der Waals surface area contributed by atoms with Crippen LogP contribution in [-0.4, -0.2) is 43.1 Å². The van der Waals surface area contributed by atoms with Crippen molar-refractivity contribution in [1.82, 2.24) is 4.90 Å². The molecular weight excluding hydrogens is 370 g/mol. The molecule has 7 nitrogen and oxygen atoms in total. The summed E-state index contributed by atoms with van der Waals surface area (Å²) in [6.45, 7) is 3.57. The van der Waals surface area contributed by atoms with Gasteiger partial charge < -0.3 is 14.4 Å². The molecule has 146 valence electrons. The molecule has 0 atom stereocenters. The zero-order chi connectivity index (χ0) is 20.2. The first-order valence-electron chi connectivity index (χ1n) is 8.56. The van der Waals surface area contributed by atoms with E-state index in [9.17, 15) is 18.0 Å². The summed E-state index contributed by atoms with van der Waals surface area (Å²) in [7, 11) is -1.78. The van der Waals surface area contributed by atoms with E-state index in [0.29, 0.717) is 17.7 Å². The maximum atomic E-state index is 12.5. The van der Waals surface area contributed by atoms with Crippen LogP contribution < -0.4 is 0 Å². The van der Waals surface area contributed by atoms with Gasteiger partial charge in [0.25, 0.3) is 5.91 Å². The lowest BCUT2D eigenvalue weighted by molar-refractivity contribution is 0.0694. The van der Waals surface area contributed by atoms with Crippen molar-refractivity contribution in [2.75, 3.05) is 12.8 Å². The Hall–Kier alpha value is -2.61. The van der Waals surface area contributed by atoms with Crippen molar-refractivity contribution < 1.29 is 27.5 Å². The normalized spacial score (nSPS) is 11.4. The lowest BCUT2D eigenvalue weighted by atomic mass is 10.2. The summed E-state index contributed by atoms with van der Waals surface area (Å²) in [5.74, 6) is -0.685. The molecule has 1 N–H and O–H groups in total. The number of nitrogens with zero attached hydrogens (tertiary/aromatic N) is 1. The van der Waals surface area contributed by atoms with Crippen LogP contribution >= 0.6 is 0 Å². The van der Waals surface area contributed by atoms with Crippen LogP contribution in [0.4, 0.5) is 0 Å². The number of amides is 1. The van der Waals surface area contributed by atoms with Crippen LogP contribution in [-0.2, 0) is 16.4 Å². The average molecular weight is 393 g/mol. The molecule has 1 aromatic carbocycles. The fourth-order valence-corrected chi connectivity index (χ4v) is 4.07. The van der Waals surface area contributed by atoms with Crippen LogP contribution in [0.5, 0.6) is 0 Å². The molecule has 0 unspecified atom stereocenters. The topological polar surface area (TPSA) is 105 Å². The van der Waals surface area contributed by atoms with E-state index < -0.39 is 15.8 Å². The molecule has 0 aliphatic heterocycles. The van der Waals surface area contributed by atoms with Gasteiger partial charge in [0.05, 0.1) is 17.2 Å². The van der Waals surface area contributed by atoms with E-state index in [1.165, 1.54) is 35.2 Å². The molecule has 0 saturated carbocycles. The first kappa shape index (κ1) is 20.7. The number of rotatable bonds is 8. The number of carbonyl (C=O) groups excluding carboxylic acids is 1. The number of hydrogen-bond donors (Lipinski definition) is 1. The first-order chi connectivity index (χ1) is 12.7. The van der Waals surface area contributed by atoms with Gasteiger partial charge in [0.2, 0.25) is 0 Å². The molecule has 0 fully saturated rings. The van der Waals surface area contributed by atoms with Gasteiger partial charge in [-0.1, -0.05) is 13.3 Å². The summed E-state index contributed by atoms with van der Waals surface area (Å²) in [5, 5.41) is 9.06. The Labute approximate surface area is 158 Å². The van der Waals surface area contributed by atoms with Crippen LogP contribution in [0, 0.1) is 6.92 Å². The van der Waals surface area contributed by atoms with Crippen LogP contribution in [0.3, 0.4) is 0 Å². The van der Waals surface area contributed by atoms with Gasteiger partial charge in [-0.25, -0.2) is 13.2 Å². The summed E-state index contributed by atoms with van der Waals surface area (Å²) in [6.07, 6.45) is 1.38. The fourth-order valence-electron chi connectivity index (χ4n) is 2.62. The summed E-state index contributed by atoms with van der Waals surface area (Å²) < 4.78 is 29.7. The summed E-state index contributed by atoms with van der Waals surface area (Å²) >= 11 is 0. The highest BCUT2D eigenvalue weighted by Gasteiger charge is 2.19. The number of benzene rings is 1. The predicted octanol–water partition coefficient (Wildman–Crippen LogP) is 3.13. The second-order valence-corrected chi connectivity index (χ2v) is 8.45. The van der Waals surface area contributed by atoms with Gasteiger partial charge in [-0.3, -0.25) is 4.79 Å². The second-order valence-electron chi connectivity index (χ2n) is 6.35. The molecule has 0 aliphatic carbocycles. The van der Waals surface area contributed by atoms with Crippen molar-refractivity contribution in [3.63, 3.8) is 0 Å². The van der Waals surface area contributed by atoms with E-state index in [1.54, 1.807) is 14.0 Å². The van der Waals surface area contributed by atoms with Crippen molar-refractivity contribution in [3.8, 4) is 0 Å². The van der Waals surface area contributed by atoms with E-state index in [0.717, 1.165) is 6.42 Å². The molecule has 0 radical (unpaired) electrons. The van der Waals surface area contributed by atoms with E-state index in [4.69, 9.17) is 9.52 Å². The highest BCUT2D eigenvalue weighted by molar-refractivity contribution is 7.91. The van der Waals surface area contributed by atoms with Crippen LogP contribution in [0.15, 0.2) is 39.6 Å². The Morgan fingerprint density at radius 3 is 2.33 bits per heavy atom. The smallest absolute Gasteiger partial charge is 0.339 e. The van der Waals surface area contributed by atoms with Gasteiger partial charge in [-0.05, 0) is 43.7 Å². The third-order valence-electron chi connectivity index (χ3n) is 4.17. The number of carboxylic acids is 1. The van der Waals surface area contributed by atoms with Crippen LogP contribution in [0.25, 0.3) is 0 Å². The van der Waals surface area contributed by atoms with E-state index in [1.807, 2.05) is 6.92 Å². The maximum Gasteiger partial charge on any atom is 0.339 e. The SMILES string of the molecule is CCCCS(=O)(=O)c1ccc(C(=O)N(C)Cc2cc(C(=O)O)c(C)o2)cc1. The number of carbonyl (C=O) groups is 2. The van der Waals surface area contributed by atoms with E-state index in [2.05, 4.69) is 0 Å². The van der Waals surface area contributed by atoms with Crippen molar-refractivity contribution >= 4 is 21.7 Å². The molecule has 0 saturated heterocycles. The molecule has 1 heterocycles. The lowest BCUT2D eigenvalue weighted by Gasteiger charge is -2.16. The zero-order valence-electron chi connectivity index (χ0n) is 15.6. The number of carboxylic acid groups (broad SMARTS) is 1. The Balaban J connectivity index is 2.10. The third kappa shape index (κ3) is 4.97. The van der Waals surface area contributed by atoms with E-state index >= 15 is 0 Å². The number of sulfone groups is 1. The number of aryl methyl sites for hydroxylation is 1. The van der Waals surface area contributed by atoms with Gasteiger partial charge in [-0.15, -0.1) is 0 Å². The molecule has 0 aliphatic rings. The molecule has 27 heavy (non-hydrogen) atoms. The van der Waals surface area contributed by atoms with Gasteiger partial charge in [-0.2, -0.15) is 0 Å². The molecular formula is C19H23NO6S. The monoisotopic (exact) mass is 393 g/mol. The first-order valence-corrected chi connectivity index (χ1v) is 10.2. The number of furan rings is 1. The average Bonchev–Trinajstić information content (AvgIpc) is 3.00. The van der Waals surface area contributed by atoms with Gasteiger partial charge in [0, 0.05) is 12.6 Å². The maximum absolute atomic E-state index is 12.5. The Bertz CT molecular complexity index is 928. The number of aromatic carboxylic acids is 1. The Morgan fingerprint density at radius 1 is 1.19 bits per heavy atom. The summed E-state index contributed by atoms with van der Waals surface area (Å²) in [5.41, 5.74) is 0.404. The molecule has 0 spiro atoms. The van der Waals surface area contributed by atoms with Gasteiger partial charge in [0.15, 0.2) is 9.84 Å². The second kappa shape index (κ2) is 8.39. The third-order valence-corrected chi connectivity index (χ3v) is 5.98. The van der Waals surface area contributed by atoms with Gasteiger partial charge >= 0.3 is 5.97 Å². The molecule has 1 aromatic heterocycles. The molecule has 2 rings (SSSR count). The highest BCUT2D eigenvalue weighted by Crippen LogP contribution is 2.18. The van der Waals surface area contributed by atoms with Crippen molar-refractivity contribution in [2.45, 2.75) is 38.1 Å². The minimum Gasteiger partial charge on any atom is -0.478 e. The minimum atomic E-state index is -3.34. The predicted molar refractivity (Wildman–Crippen MR) is 99.6 cm³/mol. The molecule has 8 heteroatoms. The van der Waals surface area contributed by atoms with Crippen molar-refractivity contribution in [3.05, 3.63) is 53.0 Å². The largest absolute Gasteiger partial charge is 0.478 e. The van der Waals surface area contributed by atoms with Crippen molar-refractivity contribution in [2.24, 2.45) is 0 Å². The summed E-state index contributed by atoms with van der Waals surface area (Å²) in [4.78, 5) is 25.2. The van der Waals surface area contributed by atoms with Crippen LogP contribution in [0.1, 0.15) is 52.0 Å². The van der Waals surface area contributed by atoms with Crippen molar-refractivity contribution in [1.29, 1.82) is 0 Å². The number of hydrogen-bond acceptors (Lipinski definition) is 5. The highest BCUT2D eigenvalue weighted by atomic mass is 32.2. The quantitative estimate of drug-likeness (QED) is 0.739. The standard InChI is InChI=1S/C19H23NO6S/c1-4-5-10-27(24,25)16-8-6-14(7-9-16)18(21)20(3)12-15-11-17(19(22)23)13(2)26-15/h6-9,11H,4-5,10,12H2,1-3H3,(H,22,23). The molecule has 1 amide bonds. The van der Waals surface area contributed by atoms with E-state index in [-0.39, 0.29) is 34.4 Å². The Kier molecular flexibility index (Phi) is 6.43. The zero-order valence-corrected chi connectivity index (χ0v) is 16.4. The lowest BCUT2D eigenvalue weighted by Crippen LogP contribution is -2.26. The van der Waals surface area contributed by atoms with Gasteiger partial charge in [0.1, 0.15) is 17.1 Å². The molecule has 0 bridgehead atoms. The summed E-state index contributed by atoms with van der Waals surface area (Å²) in [6, 6.07) is 7.23. The van der Waals surface area contributed by atoms with Crippen LogP contribution in [0.2, 0.25) is 0 Å². The minimum absolute atomic E-state index is 0.0625. The fraction of sp³-hybridized carbons (Fsp3) is 0.368.